The van der Waals surface area contributed by atoms with Crippen LogP contribution < -0.4 is 5.32 Å². The number of nitrogens with zero attached hydrogens (tertiary/aromatic N) is 4. The Kier molecular flexibility index (Phi) is 5.55. The van der Waals surface area contributed by atoms with Crippen molar-refractivity contribution in [1.82, 2.24) is 20.0 Å². The fourth-order valence-electron chi connectivity index (χ4n) is 2.81. The van der Waals surface area contributed by atoms with Gasteiger partial charge >= 0.3 is 0 Å². The molecule has 0 amide bonds. The van der Waals surface area contributed by atoms with Crippen molar-refractivity contribution in [3.05, 3.63) is 52.6 Å². The second-order valence-electron chi connectivity index (χ2n) is 5.90. The van der Waals surface area contributed by atoms with E-state index in [0.717, 1.165) is 23.6 Å². The molecule has 2 heterocycles. The Balaban J connectivity index is 1.63. The first kappa shape index (κ1) is 17.7. The quantitative estimate of drug-likeness (QED) is 0.670. The first-order valence-corrected chi connectivity index (χ1v) is 8.44. The number of benzene rings is 1. The lowest BCUT2D eigenvalue weighted by atomic mass is 10.1. The molecule has 25 heavy (non-hydrogen) atoms. The molecule has 0 saturated carbocycles. The van der Waals surface area contributed by atoms with Gasteiger partial charge in [-0.3, -0.25) is 9.67 Å². The van der Waals surface area contributed by atoms with Crippen LogP contribution in [-0.4, -0.2) is 47.4 Å². The van der Waals surface area contributed by atoms with Crippen molar-refractivity contribution in [2.24, 2.45) is 12.0 Å². The number of aromatic nitrogens is 2. The highest BCUT2D eigenvalue weighted by Gasteiger charge is 2.25. The van der Waals surface area contributed by atoms with Crippen LogP contribution in [0.3, 0.4) is 0 Å². The number of rotatable bonds is 3. The fourth-order valence-corrected chi connectivity index (χ4v) is 3.02. The summed E-state index contributed by atoms with van der Waals surface area (Å²) in [7, 11) is 3.63. The number of nitrogens with one attached hydrogen (secondary N) is 1. The first-order chi connectivity index (χ1) is 12.1. The maximum atomic E-state index is 13.3. The van der Waals surface area contributed by atoms with Crippen LogP contribution >= 0.6 is 11.6 Å². The third-order valence-corrected chi connectivity index (χ3v) is 4.40. The normalized spacial score (nSPS) is 18.5. The van der Waals surface area contributed by atoms with Crippen LogP contribution in [0.1, 0.15) is 17.2 Å². The van der Waals surface area contributed by atoms with Gasteiger partial charge in [0.1, 0.15) is 11.9 Å². The summed E-state index contributed by atoms with van der Waals surface area (Å²) in [5.74, 6) is 0.361. The number of ether oxygens (including phenoxy) is 1. The largest absolute Gasteiger partial charge is 0.370 e. The van der Waals surface area contributed by atoms with E-state index < -0.39 is 5.82 Å². The molecule has 1 saturated heterocycles. The molecule has 6 nitrogen and oxygen atoms in total. The number of morpholine rings is 1. The minimum Gasteiger partial charge on any atom is -0.370 e. The molecule has 1 aliphatic rings. The van der Waals surface area contributed by atoms with E-state index in [1.54, 1.807) is 23.9 Å². The minimum absolute atomic E-state index is 0.0405. The number of aliphatic imine (C=N–C) groups is 1. The molecule has 1 unspecified atom stereocenters. The first-order valence-electron chi connectivity index (χ1n) is 8.06. The second kappa shape index (κ2) is 7.84. The molecule has 1 N–H and O–H groups in total. The van der Waals surface area contributed by atoms with Gasteiger partial charge in [0.05, 0.1) is 24.4 Å². The van der Waals surface area contributed by atoms with Gasteiger partial charge in [-0.15, -0.1) is 0 Å². The van der Waals surface area contributed by atoms with Crippen LogP contribution in [0.25, 0.3) is 0 Å². The summed E-state index contributed by atoms with van der Waals surface area (Å²) in [6.07, 6.45) is 3.75. The Morgan fingerprint density at radius 2 is 2.36 bits per heavy atom. The van der Waals surface area contributed by atoms with Crippen molar-refractivity contribution in [1.29, 1.82) is 0 Å². The monoisotopic (exact) mass is 365 g/mol. The van der Waals surface area contributed by atoms with Crippen LogP contribution in [0.15, 0.2) is 35.6 Å². The van der Waals surface area contributed by atoms with Crippen molar-refractivity contribution >= 4 is 17.6 Å². The number of hydrogen-bond acceptors (Lipinski definition) is 3. The third-order valence-electron chi connectivity index (χ3n) is 4.11. The van der Waals surface area contributed by atoms with E-state index in [1.807, 2.05) is 19.4 Å². The molecule has 3 rings (SSSR count). The number of halogens is 2. The number of guanidine groups is 1. The van der Waals surface area contributed by atoms with E-state index >= 15 is 0 Å². The standard InChI is InChI=1S/C17H21ClFN5O/c1-20-17(21-8-12-3-4-15(19)14(18)7-12)24-5-6-25-16(11-24)13-9-22-23(2)10-13/h3-4,7,9-10,16H,5-6,8,11H2,1-2H3,(H,20,21). The van der Waals surface area contributed by atoms with Gasteiger partial charge < -0.3 is 15.0 Å². The Morgan fingerprint density at radius 3 is 3.04 bits per heavy atom. The molecular formula is C17H21ClFN5O. The molecular weight excluding hydrogens is 345 g/mol. The van der Waals surface area contributed by atoms with Gasteiger partial charge in [-0.2, -0.15) is 5.10 Å². The Bertz CT molecular complexity index is 763. The molecule has 1 aliphatic heterocycles. The van der Waals surface area contributed by atoms with Crippen molar-refractivity contribution in [3.63, 3.8) is 0 Å². The highest BCUT2D eigenvalue weighted by Crippen LogP contribution is 2.22. The summed E-state index contributed by atoms with van der Waals surface area (Å²) in [5.41, 5.74) is 1.94. The number of hydrogen-bond donors (Lipinski definition) is 1. The number of aryl methyl sites for hydroxylation is 1. The molecule has 0 radical (unpaired) electrons. The molecule has 1 aromatic heterocycles. The summed E-state index contributed by atoms with van der Waals surface area (Å²) < 4.78 is 20.9. The average molecular weight is 366 g/mol. The van der Waals surface area contributed by atoms with Crippen molar-refractivity contribution < 1.29 is 9.13 Å². The summed E-state index contributed by atoms with van der Waals surface area (Å²) >= 11 is 5.83. The SMILES string of the molecule is CN=C(NCc1ccc(F)c(Cl)c1)N1CCOC(c2cnn(C)c2)C1. The molecule has 2 aromatic rings. The van der Waals surface area contributed by atoms with Gasteiger partial charge in [0, 0.05) is 38.9 Å². The lowest BCUT2D eigenvalue weighted by molar-refractivity contribution is -0.00805. The lowest BCUT2D eigenvalue weighted by Crippen LogP contribution is -2.47. The zero-order chi connectivity index (χ0) is 17.8. The summed E-state index contributed by atoms with van der Waals surface area (Å²) in [5, 5.41) is 7.62. The average Bonchev–Trinajstić information content (AvgIpc) is 3.05. The van der Waals surface area contributed by atoms with Crippen molar-refractivity contribution in [2.45, 2.75) is 12.6 Å². The van der Waals surface area contributed by atoms with Crippen LogP contribution in [0.4, 0.5) is 4.39 Å². The fraction of sp³-hybridized carbons (Fsp3) is 0.412. The van der Waals surface area contributed by atoms with E-state index in [-0.39, 0.29) is 11.1 Å². The van der Waals surface area contributed by atoms with E-state index in [2.05, 4.69) is 20.3 Å². The molecule has 134 valence electrons. The third kappa shape index (κ3) is 4.29. The summed E-state index contributed by atoms with van der Waals surface area (Å²) in [6, 6.07) is 4.70. The predicted octanol–water partition coefficient (Wildman–Crippen LogP) is 2.36. The van der Waals surface area contributed by atoms with Crippen LogP contribution in [-0.2, 0) is 18.3 Å². The molecule has 0 spiro atoms. The zero-order valence-corrected chi connectivity index (χ0v) is 15.0. The Hall–Kier alpha value is -2.12. The van der Waals surface area contributed by atoms with Crippen LogP contribution in [0.2, 0.25) is 5.02 Å². The molecule has 8 heteroatoms. The molecule has 1 fully saturated rings. The van der Waals surface area contributed by atoms with Gasteiger partial charge in [-0.05, 0) is 17.7 Å². The van der Waals surface area contributed by atoms with Crippen LogP contribution in [0.5, 0.6) is 0 Å². The maximum Gasteiger partial charge on any atom is 0.194 e. The summed E-state index contributed by atoms with van der Waals surface area (Å²) in [6.45, 7) is 2.57. The van der Waals surface area contributed by atoms with Gasteiger partial charge in [0.2, 0.25) is 0 Å². The Labute approximate surface area is 151 Å². The maximum absolute atomic E-state index is 13.3. The predicted molar refractivity (Wildman–Crippen MR) is 95.1 cm³/mol. The minimum atomic E-state index is -0.415. The Morgan fingerprint density at radius 1 is 1.52 bits per heavy atom. The molecule has 1 aromatic carbocycles. The van der Waals surface area contributed by atoms with Crippen molar-refractivity contribution in [2.75, 3.05) is 26.7 Å². The molecule has 0 bridgehead atoms. The lowest BCUT2D eigenvalue weighted by Gasteiger charge is -2.34. The van der Waals surface area contributed by atoms with E-state index in [9.17, 15) is 4.39 Å². The van der Waals surface area contributed by atoms with Gasteiger partial charge in [-0.25, -0.2) is 4.39 Å². The van der Waals surface area contributed by atoms with Crippen LogP contribution in [0, 0.1) is 5.82 Å². The van der Waals surface area contributed by atoms with E-state index in [0.29, 0.717) is 19.7 Å². The summed E-state index contributed by atoms with van der Waals surface area (Å²) in [4.78, 5) is 6.49. The van der Waals surface area contributed by atoms with Gasteiger partial charge in [0.25, 0.3) is 0 Å². The zero-order valence-electron chi connectivity index (χ0n) is 14.2. The highest BCUT2D eigenvalue weighted by molar-refractivity contribution is 6.30. The highest BCUT2D eigenvalue weighted by atomic mass is 35.5. The van der Waals surface area contributed by atoms with E-state index in [4.69, 9.17) is 16.3 Å². The second-order valence-corrected chi connectivity index (χ2v) is 6.31. The smallest absolute Gasteiger partial charge is 0.194 e. The van der Waals surface area contributed by atoms with Gasteiger partial charge in [-0.1, -0.05) is 17.7 Å². The topological polar surface area (TPSA) is 54.7 Å². The molecule has 0 aliphatic carbocycles. The van der Waals surface area contributed by atoms with Gasteiger partial charge in [0.15, 0.2) is 5.96 Å². The van der Waals surface area contributed by atoms with Crippen molar-refractivity contribution in [3.8, 4) is 0 Å². The molecule has 1 atom stereocenters. The van der Waals surface area contributed by atoms with E-state index in [1.165, 1.54) is 6.07 Å².